The summed E-state index contributed by atoms with van der Waals surface area (Å²) in [6.45, 7) is 4.91. The van der Waals surface area contributed by atoms with Gasteiger partial charge in [0.25, 0.3) is 0 Å². The van der Waals surface area contributed by atoms with E-state index in [9.17, 15) is 9.59 Å². The summed E-state index contributed by atoms with van der Waals surface area (Å²) in [6.07, 6.45) is 10.3. The third-order valence-corrected chi connectivity index (χ3v) is 9.76. The van der Waals surface area contributed by atoms with Crippen LogP contribution in [0.3, 0.4) is 0 Å². The van der Waals surface area contributed by atoms with Gasteiger partial charge in [-0.2, -0.15) is 0 Å². The minimum atomic E-state index is -0.136. The van der Waals surface area contributed by atoms with E-state index in [-0.39, 0.29) is 17.0 Å². The van der Waals surface area contributed by atoms with Gasteiger partial charge in [-0.3, -0.25) is 9.59 Å². The summed E-state index contributed by atoms with van der Waals surface area (Å²) in [6, 6.07) is 0. The normalized spacial score (nSPS) is 57.0. The first kappa shape index (κ1) is 15.9. The molecule has 0 N–H and O–H groups in total. The Morgan fingerprint density at radius 2 is 1.96 bits per heavy atom. The van der Waals surface area contributed by atoms with Crippen molar-refractivity contribution in [3.8, 4) is 0 Å². The van der Waals surface area contributed by atoms with Crippen molar-refractivity contribution in [3.05, 3.63) is 11.6 Å². The molecule has 6 aliphatic rings. The quantitative estimate of drug-likeness (QED) is 0.609. The molecule has 1 aliphatic heterocycles. The van der Waals surface area contributed by atoms with Gasteiger partial charge in [0.15, 0.2) is 5.78 Å². The van der Waals surface area contributed by atoms with Crippen LogP contribution in [0.1, 0.15) is 65.2 Å². The molecule has 1 spiro atoms. The molecule has 1 saturated heterocycles. The van der Waals surface area contributed by atoms with Gasteiger partial charge in [-0.15, -0.1) is 0 Å². The van der Waals surface area contributed by atoms with Gasteiger partial charge < -0.3 is 4.74 Å². The lowest BCUT2D eigenvalue weighted by Crippen LogP contribution is -2.56. The number of carbonyl (C=O) groups is 2. The maximum absolute atomic E-state index is 12.1. The molecule has 5 aliphatic carbocycles. The van der Waals surface area contributed by atoms with Crippen molar-refractivity contribution < 1.29 is 14.3 Å². The molecule has 0 amide bonds. The number of fused-ring (bicyclic) bond motifs is 9. The van der Waals surface area contributed by atoms with Crippen LogP contribution in [-0.2, 0) is 14.3 Å². The lowest BCUT2D eigenvalue weighted by molar-refractivity contribution is -0.176. The number of esters is 1. The monoisotopic (exact) mass is 354 g/mol. The highest BCUT2D eigenvalue weighted by molar-refractivity contribution is 5.91. The zero-order valence-corrected chi connectivity index (χ0v) is 16.0. The van der Waals surface area contributed by atoms with Gasteiger partial charge in [0.05, 0.1) is 0 Å². The summed E-state index contributed by atoms with van der Waals surface area (Å²) in [5.41, 5.74) is 1.52. The van der Waals surface area contributed by atoms with Crippen molar-refractivity contribution in [3.63, 3.8) is 0 Å². The number of ether oxygens (including phenoxy) is 1. The highest BCUT2D eigenvalue weighted by atomic mass is 16.6. The number of carbonyl (C=O) groups excluding carboxylic acids is 2. The molecule has 1 heterocycles. The molecule has 6 unspecified atom stereocenters. The molecule has 4 saturated carbocycles. The molecule has 0 aromatic carbocycles. The van der Waals surface area contributed by atoms with Gasteiger partial charge in [-0.05, 0) is 80.1 Å². The van der Waals surface area contributed by atoms with Crippen LogP contribution in [0.25, 0.3) is 0 Å². The molecule has 9 atom stereocenters. The first-order chi connectivity index (χ1) is 12.4. The maximum atomic E-state index is 12.1. The van der Waals surface area contributed by atoms with E-state index in [0.717, 1.165) is 49.4 Å². The minimum Gasteiger partial charge on any atom is -0.458 e. The molecule has 6 rings (SSSR count). The van der Waals surface area contributed by atoms with Crippen LogP contribution in [0, 0.1) is 46.8 Å². The van der Waals surface area contributed by atoms with Crippen molar-refractivity contribution in [2.45, 2.75) is 70.8 Å². The van der Waals surface area contributed by atoms with E-state index in [4.69, 9.17) is 4.74 Å². The van der Waals surface area contributed by atoms with Gasteiger partial charge in [0, 0.05) is 24.2 Å². The Morgan fingerprint density at radius 3 is 2.73 bits per heavy atom. The fourth-order valence-electron chi connectivity index (χ4n) is 8.92. The Hall–Kier alpha value is -1.12. The zero-order valence-electron chi connectivity index (χ0n) is 16.0. The van der Waals surface area contributed by atoms with E-state index in [0.29, 0.717) is 30.0 Å². The van der Waals surface area contributed by atoms with Crippen LogP contribution >= 0.6 is 0 Å². The second-order valence-corrected chi connectivity index (χ2v) is 10.6. The predicted molar refractivity (Wildman–Crippen MR) is 97.1 cm³/mol. The topological polar surface area (TPSA) is 43.4 Å². The summed E-state index contributed by atoms with van der Waals surface area (Å²) in [4.78, 5) is 24.0. The van der Waals surface area contributed by atoms with E-state index >= 15 is 0 Å². The molecule has 0 aromatic heterocycles. The highest BCUT2D eigenvalue weighted by Gasteiger charge is 2.78. The average molecular weight is 354 g/mol. The summed E-state index contributed by atoms with van der Waals surface area (Å²) in [5, 5.41) is 0. The summed E-state index contributed by atoms with van der Waals surface area (Å²) >= 11 is 0. The van der Waals surface area contributed by atoms with Crippen molar-refractivity contribution in [1.29, 1.82) is 0 Å². The molecular formula is C23H30O3. The van der Waals surface area contributed by atoms with Gasteiger partial charge in [-0.25, -0.2) is 0 Å². The average Bonchev–Trinajstić information content (AvgIpc) is 3.24. The number of hydrogen-bond donors (Lipinski definition) is 0. The highest BCUT2D eigenvalue weighted by Crippen LogP contribution is 2.78. The summed E-state index contributed by atoms with van der Waals surface area (Å²) in [5.74, 6) is 5.38. The third kappa shape index (κ3) is 1.72. The van der Waals surface area contributed by atoms with Gasteiger partial charge in [0.1, 0.15) is 5.60 Å². The first-order valence-corrected chi connectivity index (χ1v) is 10.9. The van der Waals surface area contributed by atoms with E-state index in [1.807, 2.05) is 6.08 Å². The molecule has 5 fully saturated rings. The van der Waals surface area contributed by atoms with E-state index in [1.54, 1.807) is 0 Å². The number of rotatable bonds is 0. The predicted octanol–water partition coefficient (Wildman–Crippen LogP) is 4.31. The molecule has 26 heavy (non-hydrogen) atoms. The second-order valence-electron chi connectivity index (χ2n) is 10.6. The van der Waals surface area contributed by atoms with Crippen molar-refractivity contribution in [2.24, 2.45) is 46.8 Å². The van der Waals surface area contributed by atoms with E-state index < -0.39 is 0 Å². The van der Waals surface area contributed by atoms with E-state index in [1.165, 1.54) is 24.8 Å². The first-order valence-electron chi connectivity index (χ1n) is 10.9. The number of hydrogen-bond acceptors (Lipinski definition) is 3. The van der Waals surface area contributed by atoms with Crippen molar-refractivity contribution in [2.75, 3.05) is 0 Å². The van der Waals surface area contributed by atoms with Gasteiger partial charge in [0.2, 0.25) is 0 Å². The minimum absolute atomic E-state index is 0.0485. The largest absolute Gasteiger partial charge is 0.458 e. The Morgan fingerprint density at radius 1 is 1.12 bits per heavy atom. The Balaban J connectivity index is 1.40. The molecular weight excluding hydrogens is 324 g/mol. The standard InChI is InChI=1S/C23H30O3/c1-12-9-13-10-14(24)3-4-15(13)16-5-7-22(2)21(20(12)16)17-11-18(17)23(22)8-6-19(25)26-23/h10,12,15-18,20-21H,3-9,11H2,1-2H3/t12-,15?,16?,17?,18?,20?,21?,22+,23+/m1/s1. The lowest BCUT2D eigenvalue weighted by atomic mass is 9.47. The van der Waals surface area contributed by atoms with Crippen LogP contribution < -0.4 is 0 Å². The summed E-state index contributed by atoms with van der Waals surface area (Å²) in [7, 11) is 0. The fraction of sp³-hybridized carbons (Fsp3) is 0.826. The number of allylic oxidation sites excluding steroid dienone is 1. The molecule has 0 bridgehead atoms. The molecule has 3 heteroatoms. The van der Waals surface area contributed by atoms with Crippen LogP contribution in [0.15, 0.2) is 11.6 Å². The van der Waals surface area contributed by atoms with Gasteiger partial charge in [-0.1, -0.05) is 19.4 Å². The smallest absolute Gasteiger partial charge is 0.306 e. The maximum Gasteiger partial charge on any atom is 0.306 e. The van der Waals surface area contributed by atoms with Crippen LogP contribution in [0.4, 0.5) is 0 Å². The second kappa shape index (κ2) is 4.83. The van der Waals surface area contributed by atoms with Gasteiger partial charge >= 0.3 is 5.97 Å². The molecule has 140 valence electrons. The lowest BCUT2D eigenvalue weighted by Gasteiger charge is -2.58. The third-order valence-electron chi connectivity index (χ3n) is 9.76. The van der Waals surface area contributed by atoms with Crippen LogP contribution in [-0.4, -0.2) is 17.4 Å². The van der Waals surface area contributed by atoms with E-state index in [2.05, 4.69) is 13.8 Å². The number of ketones is 1. The summed E-state index contributed by atoms with van der Waals surface area (Å²) < 4.78 is 6.18. The Bertz CT molecular complexity index is 738. The molecule has 3 nitrogen and oxygen atoms in total. The Labute approximate surface area is 155 Å². The van der Waals surface area contributed by atoms with Crippen molar-refractivity contribution in [1.82, 2.24) is 0 Å². The van der Waals surface area contributed by atoms with Crippen molar-refractivity contribution >= 4 is 11.8 Å². The van der Waals surface area contributed by atoms with Crippen LogP contribution in [0.2, 0.25) is 0 Å². The SMILES string of the molecule is C[C@@H]1CC2=CC(=O)CCC2C2CC[C@@]3(C)C(C4CC4[C@@]34CCC(=O)O4)C21. The molecule has 0 aromatic rings. The Kier molecular flexibility index (Phi) is 2.95. The molecule has 0 radical (unpaired) electrons. The zero-order chi connectivity index (χ0) is 17.8. The van der Waals surface area contributed by atoms with Crippen LogP contribution in [0.5, 0.6) is 0 Å². The fourth-order valence-corrected chi connectivity index (χ4v) is 8.92.